The summed E-state index contributed by atoms with van der Waals surface area (Å²) in [5, 5.41) is 5.20. The average molecular weight is 458 g/mol. The second kappa shape index (κ2) is 7.19. The fourth-order valence-electron chi connectivity index (χ4n) is 6.75. The molecule has 0 amide bonds. The van der Waals surface area contributed by atoms with E-state index in [4.69, 9.17) is 0 Å². The summed E-state index contributed by atoms with van der Waals surface area (Å²) in [4.78, 5) is 3.90. The summed E-state index contributed by atoms with van der Waals surface area (Å²) in [5.74, 6) is 0. The first kappa shape index (κ1) is 19.7. The van der Waals surface area contributed by atoms with Gasteiger partial charge in [0.15, 0.2) is 0 Å². The van der Waals surface area contributed by atoms with Gasteiger partial charge in [0.25, 0.3) is 0 Å². The van der Waals surface area contributed by atoms with E-state index in [1.165, 1.54) is 66.0 Å². The largest absolute Gasteiger partial charge is 0.354 e. The van der Waals surface area contributed by atoms with E-state index in [1.807, 2.05) is 0 Å². The molecule has 1 nitrogen and oxygen atoms in total. The van der Waals surface area contributed by atoms with Gasteiger partial charge in [-0.2, -0.15) is 0 Å². The van der Waals surface area contributed by atoms with E-state index in [0.29, 0.717) is 0 Å². The molecule has 0 saturated heterocycles. The number of benzene rings is 6. The maximum Gasteiger partial charge on any atom is 0.0734 e. The van der Waals surface area contributed by atoms with Gasteiger partial charge in [-0.25, -0.2) is 0 Å². The standard InChI is InChI=1S/C35H23N/c1-3-13-23(14-4-1)35(24-15-5-2-6-16-24)29-21-11-9-19-27(29)31-25-17-7-8-18-26(25)32-28-20-10-12-22-30(28)36-34(32)33(31)35/h1-22,36H. The molecular formula is C35H23N. The number of H-pyrrole nitrogens is 1. The maximum absolute atomic E-state index is 3.90. The fraction of sp³-hybridized carbons (Fsp3) is 0.0286. The molecule has 0 bridgehead atoms. The van der Waals surface area contributed by atoms with Crippen LogP contribution in [0.25, 0.3) is 43.7 Å². The van der Waals surface area contributed by atoms with E-state index < -0.39 is 5.41 Å². The molecule has 8 rings (SSSR count). The van der Waals surface area contributed by atoms with Crippen molar-refractivity contribution < 1.29 is 0 Å². The third-order valence-corrected chi connectivity index (χ3v) is 8.06. The first-order valence-electron chi connectivity index (χ1n) is 12.6. The van der Waals surface area contributed by atoms with Crippen LogP contribution in [0.2, 0.25) is 0 Å². The summed E-state index contributed by atoms with van der Waals surface area (Å²) in [7, 11) is 0. The molecule has 36 heavy (non-hydrogen) atoms. The molecule has 168 valence electrons. The normalized spacial score (nSPS) is 13.8. The van der Waals surface area contributed by atoms with E-state index in [0.717, 1.165) is 0 Å². The summed E-state index contributed by atoms with van der Waals surface area (Å²) in [6, 6.07) is 48.7. The highest BCUT2D eigenvalue weighted by Crippen LogP contribution is 2.60. The zero-order valence-corrected chi connectivity index (χ0v) is 19.7. The molecule has 7 aromatic rings. The lowest BCUT2D eigenvalue weighted by atomic mass is 9.67. The van der Waals surface area contributed by atoms with Gasteiger partial charge < -0.3 is 4.98 Å². The van der Waals surface area contributed by atoms with Crippen LogP contribution in [0.4, 0.5) is 0 Å². The summed E-state index contributed by atoms with van der Waals surface area (Å²) in [6.07, 6.45) is 0. The highest BCUT2D eigenvalue weighted by atomic mass is 14.7. The van der Waals surface area contributed by atoms with Crippen molar-refractivity contribution in [1.29, 1.82) is 0 Å². The second-order valence-corrected chi connectivity index (χ2v) is 9.74. The number of rotatable bonds is 2. The average Bonchev–Trinajstić information content (AvgIpc) is 3.49. The van der Waals surface area contributed by atoms with Crippen molar-refractivity contribution in [3.05, 3.63) is 156 Å². The number of aromatic amines is 1. The minimum Gasteiger partial charge on any atom is -0.354 e. The monoisotopic (exact) mass is 457 g/mol. The van der Waals surface area contributed by atoms with Gasteiger partial charge in [0, 0.05) is 21.9 Å². The van der Waals surface area contributed by atoms with E-state index >= 15 is 0 Å². The lowest BCUT2D eigenvalue weighted by Crippen LogP contribution is -2.28. The zero-order valence-electron chi connectivity index (χ0n) is 19.7. The summed E-state index contributed by atoms with van der Waals surface area (Å²) in [6.45, 7) is 0. The summed E-state index contributed by atoms with van der Waals surface area (Å²) in [5.41, 5.74) is 9.91. The van der Waals surface area contributed by atoms with Gasteiger partial charge in [0.05, 0.1) is 10.9 Å². The Hall–Kier alpha value is -4.62. The Kier molecular flexibility index (Phi) is 3.93. The van der Waals surface area contributed by atoms with Crippen molar-refractivity contribution in [1.82, 2.24) is 4.98 Å². The minimum absolute atomic E-state index is 0.433. The molecule has 1 aliphatic rings. The molecule has 0 unspecified atom stereocenters. The van der Waals surface area contributed by atoms with Crippen molar-refractivity contribution in [2.24, 2.45) is 0 Å². The van der Waals surface area contributed by atoms with Crippen LogP contribution in [0.15, 0.2) is 133 Å². The van der Waals surface area contributed by atoms with Crippen molar-refractivity contribution in [2.45, 2.75) is 5.41 Å². The van der Waals surface area contributed by atoms with Gasteiger partial charge in [-0.1, -0.05) is 127 Å². The first-order chi connectivity index (χ1) is 17.9. The van der Waals surface area contributed by atoms with Crippen LogP contribution in [-0.2, 0) is 5.41 Å². The Bertz CT molecular complexity index is 1890. The Morgan fingerprint density at radius 3 is 1.75 bits per heavy atom. The molecule has 0 spiro atoms. The SMILES string of the molecule is c1ccc(C2(c3ccccc3)c3ccccc3-c3c2c2[nH]c4ccccc4c2c2ccccc32)cc1. The van der Waals surface area contributed by atoms with Gasteiger partial charge in [0.1, 0.15) is 0 Å². The third-order valence-electron chi connectivity index (χ3n) is 8.06. The van der Waals surface area contributed by atoms with Gasteiger partial charge in [-0.3, -0.25) is 0 Å². The van der Waals surface area contributed by atoms with E-state index in [-0.39, 0.29) is 0 Å². The molecule has 0 saturated carbocycles. The summed E-state index contributed by atoms with van der Waals surface area (Å²) >= 11 is 0. The molecule has 1 heterocycles. The van der Waals surface area contributed by atoms with Crippen molar-refractivity contribution in [3.63, 3.8) is 0 Å². The molecule has 0 atom stereocenters. The quantitative estimate of drug-likeness (QED) is 0.267. The Morgan fingerprint density at radius 1 is 0.472 bits per heavy atom. The highest BCUT2D eigenvalue weighted by molar-refractivity contribution is 6.26. The Morgan fingerprint density at radius 2 is 1.03 bits per heavy atom. The number of hydrogen-bond donors (Lipinski definition) is 1. The topological polar surface area (TPSA) is 15.8 Å². The van der Waals surface area contributed by atoms with Crippen molar-refractivity contribution in [2.75, 3.05) is 0 Å². The van der Waals surface area contributed by atoms with Crippen LogP contribution in [0.5, 0.6) is 0 Å². The second-order valence-electron chi connectivity index (χ2n) is 9.74. The van der Waals surface area contributed by atoms with Gasteiger partial charge in [-0.15, -0.1) is 0 Å². The van der Waals surface area contributed by atoms with E-state index in [2.05, 4.69) is 138 Å². The van der Waals surface area contributed by atoms with Gasteiger partial charge >= 0.3 is 0 Å². The molecule has 0 radical (unpaired) electrons. The molecule has 1 N–H and O–H groups in total. The molecule has 1 aliphatic carbocycles. The predicted molar refractivity (Wildman–Crippen MR) is 151 cm³/mol. The lowest BCUT2D eigenvalue weighted by Gasteiger charge is -2.34. The third kappa shape index (κ3) is 2.35. The van der Waals surface area contributed by atoms with E-state index in [9.17, 15) is 0 Å². The van der Waals surface area contributed by atoms with E-state index in [1.54, 1.807) is 0 Å². The van der Waals surface area contributed by atoms with Crippen LogP contribution in [0.3, 0.4) is 0 Å². The van der Waals surface area contributed by atoms with Crippen LogP contribution in [-0.4, -0.2) is 4.98 Å². The Labute approximate surface area is 209 Å². The van der Waals surface area contributed by atoms with Crippen LogP contribution >= 0.6 is 0 Å². The Balaban J connectivity index is 1.72. The smallest absolute Gasteiger partial charge is 0.0734 e. The molecule has 1 heteroatoms. The van der Waals surface area contributed by atoms with Crippen molar-refractivity contribution in [3.8, 4) is 11.1 Å². The van der Waals surface area contributed by atoms with Crippen molar-refractivity contribution >= 4 is 32.6 Å². The number of para-hydroxylation sites is 1. The number of aromatic nitrogens is 1. The van der Waals surface area contributed by atoms with Crippen LogP contribution < -0.4 is 0 Å². The molecule has 1 aromatic heterocycles. The number of hydrogen-bond acceptors (Lipinski definition) is 0. The number of nitrogens with one attached hydrogen (secondary N) is 1. The highest BCUT2D eigenvalue weighted by Gasteiger charge is 2.48. The van der Waals surface area contributed by atoms with Crippen LogP contribution in [0, 0.1) is 0 Å². The fourth-order valence-corrected chi connectivity index (χ4v) is 6.75. The first-order valence-corrected chi connectivity index (χ1v) is 12.6. The lowest BCUT2D eigenvalue weighted by molar-refractivity contribution is 0.774. The molecule has 0 aliphatic heterocycles. The van der Waals surface area contributed by atoms with Gasteiger partial charge in [-0.05, 0) is 44.7 Å². The maximum atomic E-state index is 3.90. The predicted octanol–water partition coefficient (Wildman–Crippen LogP) is 8.84. The zero-order chi connectivity index (χ0) is 23.7. The van der Waals surface area contributed by atoms with Gasteiger partial charge in [0.2, 0.25) is 0 Å². The van der Waals surface area contributed by atoms with Crippen LogP contribution in [0.1, 0.15) is 22.3 Å². The summed E-state index contributed by atoms with van der Waals surface area (Å²) < 4.78 is 0. The molecule has 0 fully saturated rings. The molecule has 6 aromatic carbocycles. The minimum atomic E-state index is -0.433. The molecular weight excluding hydrogens is 434 g/mol. The number of fused-ring (bicyclic) bond motifs is 10.